The van der Waals surface area contributed by atoms with Gasteiger partial charge in [0.05, 0.1) is 17.0 Å². The number of halogens is 1. The molecule has 1 aromatic heterocycles. The van der Waals surface area contributed by atoms with Gasteiger partial charge in [0.1, 0.15) is 11.6 Å². The molecule has 2 N–H and O–H groups in total. The summed E-state index contributed by atoms with van der Waals surface area (Å²) in [5.41, 5.74) is 2.92. The molecule has 4 rings (SSSR count). The SMILES string of the molecule is Cc1ccc(NC(=O)CSc2ccccc2C(=O)Nc2ccc(-n3ccnc3C)c(F)c2)cc1. The zero-order valence-corrected chi connectivity index (χ0v) is 19.5. The van der Waals surface area contributed by atoms with Gasteiger partial charge in [-0.05, 0) is 56.3 Å². The third kappa shape index (κ3) is 5.52. The number of hydrogen-bond donors (Lipinski definition) is 2. The van der Waals surface area contributed by atoms with E-state index >= 15 is 0 Å². The molecule has 0 radical (unpaired) electrons. The van der Waals surface area contributed by atoms with Gasteiger partial charge in [0.25, 0.3) is 5.91 Å². The number of aromatic nitrogens is 2. The van der Waals surface area contributed by atoms with E-state index in [1.807, 2.05) is 31.2 Å². The smallest absolute Gasteiger partial charge is 0.256 e. The first kappa shape index (κ1) is 23.3. The van der Waals surface area contributed by atoms with Crippen LogP contribution in [0.15, 0.2) is 84.0 Å². The highest BCUT2D eigenvalue weighted by molar-refractivity contribution is 8.00. The van der Waals surface area contributed by atoms with Crippen LogP contribution < -0.4 is 10.6 Å². The molecule has 0 fully saturated rings. The molecule has 8 heteroatoms. The van der Waals surface area contributed by atoms with Crippen molar-refractivity contribution in [1.29, 1.82) is 0 Å². The number of amides is 2. The van der Waals surface area contributed by atoms with Crippen LogP contribution in [0.1, 0.15) is 21.7 Å². The zero-order chi connectivity index (χ0) is 24.1. The Bertz CT molecular complexity index is 1330. The van der Waals surface area contributed by atoms with Gasteiger partial charge in [-0.25, -0.2) is 9.37 Å². The van der Waals surface area contributed by atoms with Crippen molar-refractivity contribution in [3.63, 3.8) is 0 Å². The number of nitrogens with zero attached hydrogens (tertiary/aromatic N) is 2. The van der Waals surface area contributed by atoms with Gasteiger partial charge < -0.3 is 15.2 Å². The van der Waals surface area contributed by atoms with Crippen LogP contribution in [0.3, 0.4) is 0 Å². The summed E-state index contributed by atoms with van der Waals surface area (Å²) in [4.78, 5) is 30.0. The first-order chi connectivity index (χ1) is 16.4. The minimum atomic E-state index is -0.477. The fourth-order valence-corrected chi connectivity index (χ4v) is 4.22. The Labute approximate surface area is 201 Å². The lowest BCUT2D eigenvalue weighted by Crippen LogP contribution is -2.16. The van der Waals surface area contributed by atoms with E-state index in [0.29, 0.717) is 27.7 Å². The number of aryl methyl sites for hydroxylation is 2. The maximum absolute atomic E-state index is 14.7. The molecule has 0 unspecified atom stereocenters. The summed E-state index contributed by atoms with van der Waals surface area (Å²) in [6.07, 6.45) is 3.27. The highest BCUT2D eigenvalue weighted by atomic mass is 32.2. The summed E-state index contributed by atoms with van der Waals surface area (Å²) in [6, 6.07) is 19.1. The number of hydrogen-bond acceptors (Lipinski definition) is 4. The Hall–Kier alpha value is -3.91. The molecule has 6 nitrogen and oxygen atoms in total. The van der Waals surface area contributed by atoms with Crippen molar-refractivity contribution in [2.45, 2.75) is 18.7 Å². The Morgan fingerprint density at radius 3 is 2.41 bits per heavy atom. The maximum Gasteiger partial charge on any atom is 0.256 e. The topological polar surface area (TPSA) is 76.0 Å². The molecule has 34 heavy (non-hydrogen) atoms. The lowest BCUT2D eigenvalue weighted by atomic mass is 10.2. The van der Waals surface area contributed by atoms with Crippen molar-refractivity contribution in [2.24, 2.45) is 0 Å². The van der Waals surface area contributed by atoms with E-state index in [0.717, 1.165) is 11.3 Å². The normalized spacial score (nSPS) is 10.7. The first-order valence-corrected chi connectivity index (χ1v) is 11.6. The summed E-state index contributed by atoms with van der Waals surface area (Å²) in [6.45, 7) is 3.76. The van der Waals surface area contributed by atoms with E-state index in [1.54, 1.807) is 60.3 Å². The summed E-state index contributed by atoms with van der Waals surface area (Å²) >= 11 is 1.26. The standard InChI is InChI=1S/C26H23FN4O2S/c1-17-7-9-19(10-8-17)29-25(32)16-34-24-6-4-3-5-21(24)26(33)30-20-11-12-23(22(27)15-20)31-14-13-28-18(31)2/h3-15H,16H2,1-2H3,(H,29,32)(H,30,33). The minimum Gasteiger partial charge on any atom is -0.325 e. The van der Waals surface area contributed by atoms with Gasteiger partial charge in [0.15, 0.2) is 0 Å². The lowest BCUT2D eigenvalue weighted by molar-refractivity contribution is -0.113. The third-order valence-electron chi connectivity index (χ3n) is 5.12. The number of anilines is 2. The molecule has 0 atom stereocenters. The van der Waals surface area contributed by atoms with Crippen LogP contribution in [-0.4, -0.2) is 27.1 Å². The Morgan fingerprint density at radius 2 is 1.71 bits per heavy atom. The van der Waals surface area contributed by atoms with Crippen molar-refractivity contribution in [3.05, 3.63) is 102 Å². The Kier molecular flexibility index (Phi) is 7.08. The van der Waals surface area contributed by atoms with Crippen molar-refractivity contribution >= 4 is 35.0 Å². The summed E-state index contributed by atoms with van der Waals surface area (Å²) in [5.74, 6) is -0.224. The Balaban J connectivity index is 1.42. The van der Waals surface area contributed by atoms with E-state index in [-0.39, 0.29) is 17.6 Å². The lowest BCUT2D eigenvalue weighted by Gasteiger charge is -2.12. The molecule has 172 valence electrons. The molecule has 4 aromatic rings. The average Bonchev–Trinajstić information content (AvgIpc) is 3.25. The van der Waals surface area contributed by atoms with Crippen LogP contribution in [0.25, 0.3) is 5.69 Å². The van der Waals surface area contributed by atoms with Crippen molar-refractivity contribution < 1.29 is 14.0 Å². The van der Waals surface area contributed by atoms with Crippen LogP contribution in [0, 0.1) is 19.7 Å². The number of thioether (sulfide) groups is 1. The van der Waals surface area contributed by atoms with Crippen molar-refractivity contribution in [2.75, 3.05) is 16.4 Å². The molecule has 1 heterocycles. The van der Waals surface area contributed by atoms with E-state index in [4.69, 9.17) is 0 Å². The van der Waals surface area contributed by atoms with E-state index in [2.05, 4.69) is 15.6 Å². The van der Waals surface area contributed by atoms with Gasteiger partial charge in [-0.3, -0.25) is 9.59 Å². The zero-order valence-electron chi connectivity index (χ0n) is 18.7. The number of carbonyl (C=O) groups excluding carboxylic acids is 2. The second-order valence-electron chi connectivity index (χ2n) is 7.66. The third-order valence-corrected chi connectivity index (χ3v) is 6.19. The molecule has 0 aliphatic heterocycles. The monoisotopic (exact) mass is 474 g/mol. The van der Waals surface area contributed by atoms with Crippen LogP contribution >= 0.6 is 11.8 Å². The van der Waals surface area contributed by atoms with Gasteiger partial charge in [-0.15, -0.1) is 11.8 Å². The molecule has 0 spiro atoms. The molecule has 0 saturated carbocycles. The molecular formula is C26H23FN4O2S. The quantitative estimate of drug-likeness (QED) is 0.341. The molecule has 0 bridgehead atoms. The summed E-state index contributed by atoms with van der Waals surface area (Å²) < 4.78 is 16.3. The predicted molar refractivity (Wildman–Crippen MR) is 133 cm³/mol. The van der Waals surface area contributed by atoms with Gasteiger partial charge in [-0.2, -0.15) is 0 Å². The van der Waals surface area contributed by atoms with Crippen molar-refractivity contribution in [3.8, 4) is 5.69 Å². The number of benzene rings is 3. The molecule has 2 amide bonds. The second kappa shape index (κ2) is 10.4. The fraction of sp³-hybridized carbons (Fsp3) is 0.115. The molecule has 0 aliphatic carbocycles. The van der Waals surface area contributed by atoms with Crippen molar-refractivity contribution in [1.82, 2.24) is 9.55 Å². The number of nitrogens with one attached hydrogen (secondary N) is 2. The van der Waals surface area contributed by atoms with E-state index in [9.17, 15) is 14.0 Å². The van der Waals surface area contributed by atoms with Crippen LogP contribution in [0.2, 0.25) is 0 Å². The average molecular weight is 475 g/mol. The Morgan fingerprint density at radius 1 is 0.971 bits per heavy atom. The molecular weight excluding hydrogens is 451 g/mol. The number of carbonyl (C=O) groups is 2. The highest BCUT2D eigenvalue weighted by Gasteiger charge is 2.15. The van der Waals surface area contributed by atoms with E-state index in [1.165, 1.54) is 17.8 Å². The van der Waals surface area contributed by atoms with Gasteiger partial charge in [-0.1, -0.05) is 29.8 Å². The molecule has 0 aliphatic rings. The molecule has 0 saturated heterocycles. The number of imidazole rings is 1. The fourth-order valence-electron chi connectivity index (χ4n) is 3.37. The van der Waals surface area contributed by atoms with Crippen LogP contribution in [0.4, 0.5) is 15.8 Å². The van der Waals surface area contributed by atoms with Crippen LogP contribution in [-0.2, 0) is 4.79 Å². The van der Waals surface area contributed by atoms with Gasteiger partial charge in [0.2, 0.25) is 5.91 Å². The largest absolute Gasteiger partial charge is 0.325 e. The van der Waals surface area contributed by atoms with Gasteiger partial charge in [0, 0.05) is 28.7 Å². The highest BCUT2D eigenvalue weighted by Crippen LogP contribution is 2.25. The molecule has 3 aromatic carbocycles. The maximum atomic E-state index is 14.7. The van der Waals surface area contributed by atoms with Crippen LogP contribution in [0.5, 0.6) is 0 Å². The summed E-state index contributed by atoms with van der Waals surface area (Å²) in [5, 5.41) is 5.59. The number of rotatable bonds is 7. The minimum absolute atomic E-state index is 0.145. The second-order valence-corrected chi connectivity index (χ2v) is 8.68. The summed E-state index contributed by atoms with van der Waals surface area (Å²) in [7, 11) is 0. The van der Waals surface area contributed by atoms with Gasteiger partial charge >= 0.3 is 0 Å². The predicted octanol–water partition coefficient (Wildman–Crippen LogP) is 5.61. The first-order valence-electron chi connectivity index (χ1n) is 10.6. The van der Waals surface area contributed by atoms with E-state index < -0.39 is 5.82 Å².